The summed E-state index contributed by atoms with van der Waals surface area (Å²) in [4.78, 5) is 25.5. The summed E-state index contributed by atoms with van der Waals surface area (Å²) in [6.45, 7) is 2.41. The minimum Gasteiger partial charge on any atom is -0.480 e. The Morgan fingerprint density at radius 2 is 2.39 bits per heavy atom. The van der Waals surface area contributed by atoms with Gasteiger partial charge in [-0.15, -0.1) is 11.3 Å². The maximum Gasteiger partial charge on any atom is 0.326 e. The third-order valence-corrected chi connectivity index (χ3v) is 4.16. The zero-order valence-corrected chi connectivity index (χ0v) is 10.9. The van der Waals surface area contributed by atoms with Gasteiger partial charge in [0.05, 0.1) is 6.04 Å². The molecule has 1 saturated heterocycles. The highest BCUT2D eigenvalue weighted by molar-refractivity contribution is 7.10. The normalized spacial score (nSPS) is 20.7. The van der Waals surface area contributed by atoms with Gasteiger partial charge in [0.15, 0.2) is 0 Å². The van der Waals surface area contributed by atoms with Gasteiger partial charge in [-0.1, -0.05) is 6.07 Å². The number of carbonyl (C=O) groups is 2. The lowest BCUT2D eigenvalue weighted by atomic mass is 10.2. The lowest BCUT2D eigenvalue weighted by molar-refractivity contribution is -0.141. The molecular formula is C12H16N2O3S. The molecule has 1 aliphatic rings. The van der Waals surface area contributed by atoms with Crippen LogP contribution in [0, 0.1) is 0 Å². The standard InChI is InChI=1S/C12H16N2O3S/c1-8(10-5-3-7-18-10)13-12(17)14-6-2-4-9(14)11(15)16/h3,5,7-9H,2,4,6H2,1H3,(H,13,17)(H,15,16). The zero-order valence-electron chi connectivity index (χ0n) is 10.1. The summed E-state index contributed by atoms with van der Waals surface area (Å²) in [7, 11) is 0. The fourth-order valence-corrected chi connectivity index (χ4v) is 2.88. The van der Waals surface area contributed by atoms with Crippen LogP contribution in [0.5, 0.6) is 0 Å². The van der Waals surface area contributed by atoms with E-state index in [1.165, 1.54) is 4.90 Å². The highest BCUT2D eigenvalue weighted by atomic mass is 32.1. The number of carboxylic acid groups (broad SMARTS) is 1. The first-order chi connectivity index (χ1) is 8.59. The van der Waals surface area contributed by atoms with Gasteiger partial charge in [0.2, 0.25) is 0 Å². The Hall–Kier alpha value is -1.56. The summed E-state index contributed by atoms with van der Waals surface area (Å²) in [6.07, 6.45) is 1.29. The first-order valence-electron chi connectivity index (χ1n) is 5.93. The minimum absolute atomic E-state index is 0.0902. The van der Waals surface area contributed by atoms with Crippen LogP contribution in [-0.2, 0) is 4.79 Å². The molecule has 0 aliphatic carbocycles. The molecule has 0 spiro atoms. The molecule has 2 rings (SSSR count). The van der Waals surface area contributed by atoms with Crippen LogP contribution in [0.4, 0.5) is 4.79 Å². The van der Waals surface area contributed by atoms with Crippen LogP contribution in [0.1, 0.15) is 30.7 Å². The van der Waals surface area contributed by atoms with Crippen molar-refractivity contribution < 1.29 is 14.7 Å². The average Bonchev–Trinajstić information content (AvgIpc) is 3.00. The third kappa shape index (κ3) is 2.64. The second-order valence-electron chi connectivity index (χ2n) is 4.38. The quantitative estimate of drug-likeness (QED) is 0.881. The lowest BCUT2D eigenvalue weighted by Crippen LogP contribution is -2.46. The van der Waals surface area contributed by atoms with Crippen molar-refractivity contribution in [2.24, 2.45) is 0 Å². The predicted molar refractivity (Wildman–Crippen MR) is 68.6 cm³/mol. The molecule has 1 aromatic heterocycles. The SMILES string of the molecule is CC(NC(=O)N1CCCC1C(=O)O)c1cccs1. The topological polar surface area (TPSA) is 69.6 Å². The molecular weight excluding hydrogens is 252 g/mol. The Labute approximate surface area is 109 Å². The number of hydrogen-bond acceptors (Lipinski definition) is 3. The van der Waals surface area contributed by atoms with Crippen LogP contribution in [0.15, 0.2) is 17.5 Å². The fraction of sp³-hybridized carbons (Fsp3) is 0.500. The van der Waals surface area contributed by atoms with Gasteiger partial charge >= 0.3 is 12.0 Å². The number of nitrogens with one attached hydrogen (secondary N) is 1. The molecule has 0 aromatic carbocycles. The molecule has 0 radical (unpaired) electrons. The smallest absolute Gasteiger partial charge is 0.326 e. The first-order valence-corrected chi connectivity index (χ1v) is 6.81. The second kappa shape index (κ2) is 5.39. The van der Waals surface area contributed by atoms with Gasteiger partial charge in [0.25, 0.3) is 0 Å². The number of carboxylic acids is 1. The van der Waals surface area contributed by atoms with E-state index in [2.05, 4.69) is 5.32 Å². The van der Waals surface area contributed by atoms with E-state index in [9.17, 15) is 9.59 Å². The number of hydrogen-bond donors (Lipinski definition) is 2. The van der Waals surface area contributed by atoms with Crippen molar-refractivity contribution in [3.63, 3.8) is 0 Å². The first kappa shape index (κ1) is 12.9. The second-order valence-corrected chi connectivity index (χ2v) is 5.36. The van der Waals surface area contributed by atoms with E-state index in [4.69, 9.17) is 5.11 Å². The maximum absolute atomic E-state index is 12.0. The largest absolute Gasteiger partial charge is 0.480 e. The van der Waals surface area contributed by atoms with Gasteiger partial charge in [0.1, 0.15) is 6.04 Å². The highest BCUT2D eigenvalue weighted by Crippen LogP contribution is 2.21. The lowest BCUT2D eigenvalue weighted by Gasteiger charge is -2.24. The molecule has 18 heavy (non-hydrogen) atoms. The number of thiophene rings is 1. The van der Waals surface area contributed by atoms with Crippen molar-refractivity contribution in [1.82, 2.24) is 10.2 Å². The molecule has 2 amide bonds. The van der Waals surface area contributed by atoms with Gasteiger partial charge in [-0.05, 0) is 31.2 Å². The fourth-order valence-electron chi connectivity index (χ4n) is 2.14. The number of amides is 2. The van der Waals surface area contributed by atoms with Crippen LogP contribution in [0.25, 0.3) is 0 Å². The van der Waals surface area contributed by atoms with Crippen molar-refractivity contribution in [2.45, 2.75) is 31.8 Å². The van der Waals surface area contributed by atoms with Gasteiger partial charge in [0, 0.05) is 11.4 Å². The Kier molecular flexibility index (Phi) is 3.86. The van der Waals surface area contributed by atoms with E-state index in [0.717, 1.165) is 11.3 Å². The Bertz CT molecular complexity index is 433. The summed E-state index contributed by atoms with van der Waals surface area (Å²) in [5, 5.41) is 13.8. The minimum atomic E-state index is -0.925. The Morgan fingerprint density at radius 3 is 3.00 bits per heavy atom. The molecule has 1 fully saturated rings. The number of likely N-dealkylation sites (tertiary alicyclic amines) is 1. The molecule has 98 valence electrons. The predicted octanol–water partition coefficient (Wildman–Crippen LogP) is 2.07. The van der Waals surface area contributed by atoms with Crippen molar-refractivity contribution >= 4 is 23.3 Å². The number of carbonyl (C=O) groups excluding carboxylic acids is 1. The van der Waals surface area contributed by atoms with E-state index in [-0.39, 0.29) is 12.1 Å². The summed E-state index contributed by atoms with van der Waals surface area (Å²) in [5.74, 6) is -0.925. The van der Waals surface area contributed by atoms with Crippen LogP contribution in [0.2, 0.25) is 0 Å². The van der Waals surface area contributed by atoms with Crippen LogP contribution < -0.4 is 5.32 Å². The monoisotopic (exact) mass is 268 g/mol. The van der Waals surface area contributed by atoms with Crippen LogP contribution >= 0.6 is 11.3 Å². The molecule has 0 saturated carbocycles. The summed E-state index contributed by atoms with van der Waals surface area (Å²) in [5.41, 5.74) is 0. The van der Waals surface area contributed by atoms with Crippen LogP contribution in [0.3, 0.4) is 0 Å². The molecule has 2 atom stereocenters. The van der Waals surface area contributed by atoms with Gasteiger partial charge in [-0.2, -0.15) is 0 Å². The third-order valence-electron chi connectivity index (χ3n) is 3.11. The molecule has 2 N–H and O–H groups in total. The van der Waals surface area contributed by atoms with Crippen LogP contribution in [-0.4, -0.2) is 34.6 Å². The maximum atomic E-state index is 12.0. The van der Waals surface area contributed by atoms with E-state index in [1.54, 1.807) is 11.3 Å². The molecule has 2 unspecified atom stereocenters. The van der Waals surface area contributed by atoms with Crippen molar-refractivity contribution in [3.05, 3.63) is 22.4 Å². The van der Waals surface area contributed by atoms with Gasteiger partial charge in [-0.3, -0.25) is 0 Å². The number of aliphatic carboxylic acids is 1. The van der Waals surface area contributed by atoms with E-state index >= 15 is 0 Å². The highest BCUT2D eigenvalue weighted by Gasteiger charge is 2.34. The molecule has 2 heterocycles. The summed E-state index contributed by atoms with van der Waals surface area (Å²) < 4.78 is 0. The molecule has 6 heteroatoms. The van der Waals surface area contributed by atoms with Gasteiger partial charge < -0.3 is 15.3 Å². The molecule has 1 aliphatic heterocycles. The Balaban J connectivity index is 1.97. The molecule has 1 aromatic rings. The van der Waals surface area contributed by atoms with Gasteiger partial charge in [-0.25, -0.2) is 9.59 Å². The van der Waals surface area contributed by atoms with Crippen molar-refractivity contribution in [3.8, 4) is 0 Å². The molecule has 5 nitrogen and oxygen atoms in total. The van der Waals surface area contributed by atoms with Crippen molar-refractivity contribution in [2.75, 3.05) is 6.54 Å². The number of nitrogens with zero attached hydrogens (tertiary/aromatic N) is 1. The van der Waals surface area contributed by atoms with E-state index in [1.807, 2.05) is 24.4 Å². The number of urea groups is 1. The number of rotatable bonds is 3. The average molecular weight is 268 g/mol. The van der Waals surface area contributed by atoms with E-state index < -0.39 is 12.0 Å². The van der Waals surface area contributed by atoms with Crippen molar-refractivity contribution in [1.29, 1.82) is 0 Å². The molecule has 0 bridgehead atoms. The summed E-state index contributed by atoms with van der Waals surface area (Å²) in [6, 6.07) is 2.82. The Morgan fingerprint density at radius 1 is 1.61 bits per heavy atom. The van der Waals surface area contributed by atoms with E-state index in [0.29, 0.717) is 13.0 Å². The summed E-state index contributed by atoms with van der Waals surface area (Å²) >= 11 is 1.57. The zero-order chi connectivity index (χ0) is 13.1.